The van der Waals surface area contributed by atoms with Gasteiger partial charge in [0.15, 0.2) is 18.7 Å². The summed E-state index contributed by atoms with van der Waals surface area (Å²) in [5.41, 5.74) is 0. The summed E-state index contributed by atoms with van der Waals surface area (Å²) >= 11 is 0. The zero-order chi connectivity index (χ0) is 34.8. The van der Waals surface area contributed by atoms with E-state index in [1.807, 2.05) is 6.92 Å². The number of carbonyl (C=O) groups excluding carboxylic acids is 2. The van der Waals surface area contributed by atoms with Crippen molar-refractivity contribution < 1.29 is 73.8 Å². The van der Waals surface area contributed by atoms with Crippen LogP contribution in [0.15, 0.2) is 0 Å². The molecule has 0 amide bonds. The molecule has 0 aromatic heterocycles. The molecule has 11 unspecified atom stereocenters. The first-order chi connectivity index (χ1) is 22.5. The van der Waals surface area contributed by atoms with E-state index >= 15 is 0 Å². The average Bonchev–Trinajstić information content (AvgIpc) is 3.05. The summed E-state index contributed by atoms with van der Waals surface area (Å²) < 4.78 is 32.7. The Kier molecular flexibility index (Phi) is 20.4. The third kappa shape index (κ3) is 14.5. The fourth-order valence-corrected chi connectivity index (χ4v) is 5.37. The van der Waals surface area contributed by atoms with Gasteiger partial charge in [0.05, 0.1) is 19.8 Å². The van der Waals surface area contributed by atoms with Crippen LogP contribution in [-0.4, -0.2) is 142 Å². The average molecular weight is 683 g/mol. The molecule has 2 heterocycles. The minimum absolute atomic E-state index is 0.167. The summed E-state index contributed by atoms with van der Waals surface area (Å²) in [5.74, 6) is -0.989. The van der Waals surface area contributed by atoms with Crippen LogP contribution in [0, 0.1) is 0 Å². The highest BCUT2D eigenvalue weighted by Crippen LogP contribution is 2.26. The van der Waals surface area contributed by atoms with Gasteiger partial charge in [-0.3, -0.25) is 9.59 Å². The fourth-order valence-electron chi connectivity index (χ4n) is 5.37. The molecule has 11 atom stereocenters. The first-order valence-electron chi connectivity index (χ1n) is 17.1. The Hall–Kier alpha value is -1.50. The first-order valence-corrected chi connectivity index (χ1v) is 17.1. The van der Waals surface area contributed by atoms with Gasteiger partial charge in [-0.25, -0.2) is 0 Å². The zero-order valence-electron chi connectivity index (χ0n) is 27.8. The van der Waals surface area contributed by atoms with Crippen molar-refractivity contribution >= 4 is 11.9 Å². The number of aliphatic hydroxyl groups is 7. The third-order valence-corrected chi connectivity index (χ3v) is 8.31. The predicted octanol–water partition coefficient (Wildman–Crippen LogP) is 0.193. The molecule has 0 aromatic carbocycles. The largest absolute Gasteiger partial charge is 0.462 e. The van der Waals surface area contributed by atoms with Gasteiger partial charge in [-0.15, -0.1) is 0 Å². The SMILES string of the molecule is CCCCCCCCCCCCC(=O)OC(COC(=O)CCC)COC1OC(COC2OC(CO)C(O)C(O)C2O)C(O)C(O)C1O. The molecular formula is C32H58O15. The van der Waals surface area contributed by atoms with Crippen molar-refractivity contribution in [2.24, 2.45) is 0 Å². The highest BCUT2D eigenvalue weighted by atomic mass is 16.7. The Morgan fingerprint density at radius 2 is 1.13 bits per heavy atom. The lowest BCUT2D eigenvalue weighted by Crippen LogP contribution is -2.61. The van der Waals surface area contributed by atoms with Gasteiger partial charge in [0.2, 0.25) is 0 Å². The number of hydrogen-bond donors (Lipinski definition) is 7. The molecular weight excluding hydrogens is 624 g/mol. The highest BCUT2D eigenvalue weighted by molar-refractivity contribution is 5.70. The lowest BCUT2D eigenvalue weighted by molar-refractivity contribution is -0.332. The normalized spacial score (nSPS) is 31.8. The van der Waals surface area contributed by atoms with Crippen LogP contribution in [0.1, 0.15) is 97.3 Å². The number of ether oxygens (including phenoxy) is 6. The number of unbranched alkanes of at least 4 members (excludes halogenated alkanes) is 9. The zero-order valence-corrected chi connectivity index (χ0v) is 27.8. The maximum atomic E-state index is 12.6. The van der Waals surface area contributed by atoms with Crippen molar-refractivity contribution in [1.29, 1.82) is 0 Å². The molecule has 0 radical (unpaired) electrons. The number of aliphatic hydroxyl groups excluding tert-OH is 7. The molecule has 0 aromatic rings. The van der Waals surface area contributed by atoms with Crippen molar-refractivity contribution in [3.63, 3.8) is 0 Å². The second-order valence-electron chi connectivity index (χ2n) is 12.4. The minimum Gasteiger partial charge on any atom is -0.462 e. The minimum atomic E-state index is -1.75. The Labute approximate surface area is 277 Å². The molecule has 2 aliphatic rings. The molecule has 15 nitrogen and oxygen atoms in total. The summed E-state index contributed by atoms with van der Waals surface area (Å²) in [6.07, 6.45) is -4.81. The number of hydrogen-bond acceptors (Lipinski definition) is 15. The second kappa shape index (κ2) is 23.0. The quantitative estimate of drug-likeness (QED) is 0.0563. The summed E-state index contributed by atoms with van der Waals surface area (Å²) in [7, 11) is 0. The second-order valence-corrected chi connectivity index (χ2v) is 12.4. The number of rotatable bonds is 23. The summed E-state index contributed by atoms with van der Waals surface area (Å²) in [4.78, 5) is 24.6. The smallest absolute Gasteiger partial charge is 0.306 e. The Balaban J connectivity index is 1.88. The van der Waals surface area contributed by atoms with Crippen LogP contribution in [0.25, 0.3) is 0 Å². The maximum absolute atomic E-state index is 12.6. The van der Waals surface area contributed by atoms with Gasteiger partial charge in [0.25, 0.3) is 0 Å². The van der Waals surface area contributed by atoms with E-state index in [-0.39, 0.29) is 26.1 Å². The van der Waals surface area contributed by atoms with E-state index in [9.17, 15) is 45.3 Å². The topological polar surface area (TPSA) is 231 Å². The number of carbonyl (C=O) groups is 2. The molecule has 0 aliphatic carbocycles. The van der Waals surface area contributed by atoms with E-state index in [2.05, 4.69) is 6.92 Å². The molecule has 47 heavy (non-hydrogen) atoms. The molecule has 0 spiro atoms. The van der Waals surface area contributed by atoms with Crippen molar-refractivity contribution in [1.82, 2.24) is 0 Å². The third-order valence-electron chi connectivity index (χ3n) is 8.31. The van der Waals surface area contributed by atoms with Crippen molar-refractivity contribution in [3.05, 3.63) is 0 Å². The van der Waals surface area contributed by atoms with E-state index in [0.29, 0.717) is 12.8 Å². The summed E-state index contributed by atoms with van der Waals surface area (Å²) in [5, 5.41) is 70.9. The van der Waals surface area contributed by atoms with Crippen LogP contribution in [0.2, 0.25) is 0 Å². The number of esters is 2. The molecule has 2 fully saturated rings. The van der Waals surface area contributed by atoms with Gasteiger partial charge in [-0.05, 0) is 12.8 Å². The molecule has 276 valence electrons. The van der Waals surface area contributed by atoms with Gasteiger partial charge in [-0.2, -0.15) is 0 Å². The van der Waals surface area contributed by atoms with Gasteiger partial charge in [0, 0.05) is 12.8 Å². The monoisotopic (exact) mass is 682 g/mol. The van der Waals surface area contributed by atoms with Gasteiger partial charge in [0.1, 0.15) is 55.4 Å². The van der Waals surface area contributed by atoms with E-state index in [1.54, 1.807) is 0 Å². The van der Waals surface area contributed by atoms with Gasteiger partial charge < -0.3 is 64.2 Å². The Morgan fingerprint density at radius 3 is 1.70 bits per heavy atom. The lowest BCUT2D eigenvalue weighted by Gasteiger charge is -2.42. The van der Waals surface area contributed by atoms with Crippen LogP contribution in [0.5, 0.6) is 0 Å². The molecule has 2 rings (SSSR count). The van der Waals surface area contributed by atoms with Crippen molar-refractivity contribution in [2.75, 3.05) is 26.4 Å². The maximum Gasteiger partial charge on any atom is 0.306 e. The lowest BCUT2D eigenvalue weighted by atomic mass is 9.98. The van der Waals surface area contributed by atoms with Gasteiger partial charge >= 0.3 is 11.9 Å². The summed E-state index contributed by atoms with van der Waals surface area (Å²) in [6.45, 7) is 2.12. The Morgan fingerprint density at radius 1 is 0.596 bits per heavy atom. The first kappa shape index (κ1) is 41.7. The molecule has 0 saturated carbocycles. The molecule has 2 aliphatic heterocycles. The van der Waals surface area contributed by atoms with Crippen LogP contribution in [-0.2, 0) is 38.0 Å². The molecule has 15 heteroatoms. The molecule has 7 N–H and O–H groups in total. The van der Waals surface area contributed by atoms with Crippen molar-refractivity contribution in [2.45, 2.75) is 165 Å². The predicted molar refractivity (Wildman–Crippen MR) is 165 cm³/mol. The van der Waals surface area contributed by atoms with E-state index in [0.717, 1.165) is 19.3 Å². The van der Waals surface area contributed by atoms with Crippen LogP contribution in [0.3, 0.4) is 0 Å². The Bertz CT molecular complexity index is 860. The van der Waals surface area contributed by atoms with Gasteiger partial charge in [-0.1, -0.05) is 71.6 Å². The fraction of sp³-hybridized carbons (Fsp3) is 0.938. The van der Waals surface area contributed by atoms with Crippen LogP contribution in [0.4, 0.5) is 0 Å². The van der Waals surface area contributed by atoms with E-state index < -0.39 is 92.7 Å². The molecule has 0 bridgehead atoms. The van der Waals surface area contributed by atoms with E-state index in [1.165, 1.54) is 38.5 Å². The van der Waals surface area contributed by atoms with Crippen LogP contribution >= 0.6 is 0 Å². The van der Waals surface area contributed by atoms with Crippen LogP contribution < -0.4 is 0 Å². The van der Waals surface area contributed by atoms with Crippen molar-refractivity contribution in [3.8, 4) is 0 Å². The summed E-state index contributed by atoms with van der Waals surface area (Å²) in [6, 6.07) is 0. The highest BCUT2D eigenvalue weighted by Gasteiger charge is 2.47. The standard InChI is InChI=1S/C32H58O15/c1-3-5-6-7-8-9-10-11-12-13-15-24(35)45-20(17-42-23(34)14-4-2)18-43-31-30(41)28(39)26(37)22(47-31)19-44-32-29(40)27(38)25(36)21(16-33)46-32/h20-22,25-33,36-41H,3-19H2,1-2H3. The van der Waals surface area contributed by atoms with E-state index in [4.69, 9.17) is 28.4 Å². The molecule has 2 saturated heterocycles.